The van der Waals surface area contributed by atoms with Gasteiger partial charge in [0.1, 0.15) is 6.61 Å². The fourth-order valence-electron chi connectivity index (χ4n) is 3.72. The molecule has 0 saturated heterocycles. The van der Waals surface area contributed by atoms with Crippen molar-refractivity contribution in [3.05, 3.63) is 90.5 Å². The number of carbonyl (C=O) groups excluding carboxylic acids is 1. The summed E-state index contributed by atoms with van der Waals surface area (Å²) < 4.78 is 49.7. The molecule has 0 saturated carbocycles. The zero-order chi connectivity index (χ0) is 29.0. The van der Waals surface area contributed by atoms with Crippen molar-refractivity contribution in [2.24, 2.45) is 5.10 Å². The quantitative estimate of drug-likeness (QED) is 0.169. The first kappa shape index (κ1) is 30.2. The van der Waals surface area contributed by atoms with Crippen LogP contribution in [0.15, 0.2) is 89.4 Å². The molecular formula is C29H33N3O7S. The van der Waals surface area contributed by atoms with Crippen molar-refractivity contribution >= 4 is 22.1 Å². The van der Waals surface area contributed by atoms with Crippen molar-refractivity contribution in [2.75, 3.05) is 41.0 Å². The first-order valence-electron chi connectivity index (χ1n) is 12.3. The number of hydrogen-bond donors (Lipinski definition) is 1. The smallest absolute Gasteiger partial charge is 0.255 e. The van der Waals surface area contributed by atoms with Crippen LogP contribution in [0.1, 0.15) is 11.1 Å². The van der Waals surface area contributed by atoms with Crippen molar-refractivity contribution in [3.8, 4) is 23.0 Å². The van der Waals surface area contributed by atoms with Crippen LogP contribution >= 0.6 is 0 Å². The van der Waals surface area contributed by atoms with Gasteiger partial charge in [-0.25, -0.2) is 13.8 Å². The van der Waals surface area contributed by atoms with E-state index in [0.717, 1.165) is 9.87 Å². The van der Waals surface area contributed by atoms with E-state index in [4.69, 9.17) is 18.9 Å². The average Bonchev–Trinajstić information content (AvgIpc) is 2.98. The monoisotopic (exact) mass is 567 g/mol. The van der Waals surface area contributed by atoms with Crippen molar-refractivity contribution < 1.29 is 32.2 Å². The SMILES string of the molecule is C=CCOc1ccc(/C=N\NC(=O)CN(CCc2ccccc2)S(=O)(=O)c2ccc(OC)c(OC)c2)cc1OC. The summed E-state index contributed by atoms with van der Waals surface area (Å²) in [6, 6.07) is 18.9. The standard InChI is InChI=1S/C29H33N3O7S/c1-5-17-39-26-13-11-23(18-27(26)37-3)20-30-31-29(33)21-32(16-15-22-9-7-6-8-10-22)40(34,35)24-12-14-25(36-2)28(19-24)38-4/h5-14,18-20H,1,15-17,21H2,2-4H3,(H,31,33)/b30-20-. The number of nitrogens with one attached hydrogen (secondary N) is 1. The normalized spacial score (nSPS) is 11.3. The maximum Gasteiger partial charge on any atom is 0.255 e. The summed E-state index contributed by atoms with van der Waals surface area (Å²) in [5, 5.41) is 3.99. The third-order valence-electron chi connectivity index (χ3n) is 5.75. The molecule has 0 aliphatic carbocycles. The molecule has 0 spiro atoms. The van der Waals surface area contributed by atoms with Gasteiger partial charge in [-0.15, -0.1) is 0 Å². The molecule has 3 aromatic rings. The van der Waals surface area contributed by atoms with E-state index < -0.39 is 22.5 Å². The van der Waals surface area contributed by atoms with Crippen LogP contribution < -0.4 is 24.4 Å². The molecule has 0 heterocycles. The molecule has 0 bridgehead atoms. The Bertz CT molecular complexity index is 1430. The van der Waals surface area contributed by atoms with E-state index in [1.807, 2.05) is 30.3 Å². The summed E-state index contributed by atoms with van der Waals surface area (Å²) in [6.07, 6.45) is 3.46. The van der Waals surface area contributed by atoms with Gasteiger partial charge in [-0.3, -0.25) is 4.79 Å². The highest BCUT2D eigenvalue weighted by molar-refractivity contribution is 7.89. The number of nitrogens with zero attached hydrogens (tertiary/aromatic N) is 2. The minimum absolute atomic E-state index is 0.0274. The molecule has 3 rings (SSSR count). The van der Waals surface area contributed by atoms with E-state index in [9.17, 15) is 13.2 Å². The first-order chi connectivity index (χ1) is 19.3. The molecule has 212 valence electrons. The Morgan fingerprint density at radius 2 is 1.60 bits per heavy atom. The molecule has 1 amide bonds. The fourth-order valence-corrected chi connectivity index (χ4v) is 5.13. The number of amides is 1. The van der Waals surface area contributed by atoms with Crippen molar-refractivity contribution in [1.29, 1.82) is 0 Å². The molecule has 0 radical (unpaired) electrons. The van der Waals surface area contributed by atoms with Gasteiger partial charge in [0.05, 0.1) is 39.0 Å². The molecule has 3 aromatic carbocycles. The van der Waals surface area contributed by atoms with E-state index in [-0.39, 0.29) is 17.2 Å². The van der Waals surface area contributed by atoms with Gasteiger partial charge in [-0.2, -0.15) is 9.41 Å². The minimum atomic E-state index is -4.07. The fraction of sp³-hybridized carbons (Fsp3) is 0.241. The van der Waals surface area contributed by atoms with Crippen LogP contribution in [0.5, 0.6) is 23.0 Å². The van der Waals surface area contributed by atoms with Crippen molar-refractivity contribution in [1.82, 2.24) is 9.73 Å². The van der Waals surface area contributed by atoms with Crippen LogP contribution in [-0.4, -0.2) is 65.9 Å². The average molecular weight is 568 g/mol. The molecule has 1 N–H and O–H groups in total. The lowest BCUT2D eigenvalue weighted by Crippen LogP contribution is -2.40. The van der Waals surface area contributed by atoms with Gasteiger partial charge in [0.25, 0.3) is 5.91 Å². The van der Waals surface area contributed by atoms with Crippen LogP contribution in [0.4, 0.5) is 0 Å². The third-order valence-corrected chi connectivity index (χ3v) is 7.59. The van der Waals surface area contributed by atoms with E-state index >= 15 is 0 Å². The Hall–Kier alpha value is -4.35. The van der Waals surface area contributed by atoms with Gasteiger partial charge in [0, 0.05) is 12.6 Å². The van der Waals surface area contributed by atoms with Gasteiger partial charge < -0.3 is 18.9 Å². The molecule has 0 atom stereocenters. The van der Waals surface area contributed by atoms with Crippen LogP contribution in [0.3, 0.4) is 0 Å². The van der Waals surface area contributed by atoms with E-state index in [1.165, 1.54) is 45.7 Å². The molecule has 0 aromatic heterocycles. The number of sulfonamides is 1. The highest BCUT2D eigenvalue weighted by Gasteiger charge is 2.27. The second kappa shape index (κ2) is 14.7. The van der Waals surface area contributed by atoms with Gasteiger partial charge >= 0.3 is 0 Å². The largest absolute Gasteiger partial charge is 0.493 e. The van der Waals surface area contributed by atoms with Crippen molar-refractivity contribution in [2.45, 2.75) is 11.3 Å². The topological polar surface area (TPSA) is 116 Å². The summed E-state index contributed by atoms with van der Waals surface area (Å²) in [7, 11) is 0.324. The summed E-state index contributed by atoms with van der Waals surface area (Å²) in [6.45, 7) is 3.57. The third kappa shape index (κ3) is 8.08. The Balaban J connectivity index is 1.77. The Morgan fingerprint density at radius 3 is 2.27 bits per heavy atom. The number of hydrogen-bond acceptors (Lipinski definition) is 8. The predicted octanol–water partition coefficient (Wildman–Crippen LogP) is 3.66. The lowest BCUT2D eigenvalue weighted by atomic mass is 10.1. The summed E-state index contributed by atoms with van der Waals surface area (Å²) in [5.74, 6) is 1.08. The molecule has 40 heavy (non-hydrogen) atoms. The number of methoxy groups -OCH3 is 3. The summed E-state index contributed by atoms with van der Waals surface area (Å²) in [5.41, 5.74) is 3.98. The highest BCUT2D eigenvalue weighted by Crippen LogP contribution is 2.31. The second-order valence-corrected chi connectivity index (χ2v) is 10.3. The number of rotatable bonds is 15. The molecular weight excluding hydrogens is 534 g/mol. The van der Waals surface area contributed by atoms with E-state index in [2.05, 4.69) is 17.1 Å². The Morgan fingerprint density at radius 1 is 0.925 bits per heavy atom. The zero-order valence-corrected chi connectivity index (χ0v) is 23.5. The number of carbonyl (C=O) groups is 1. The minimum Gasteiger partial charge on any atom is -0.493 e. The number of benzene rings is 3. The molecule has 0 fully saturated rings. The van der Waals surface area contributed by atoms with Gasteiger partial charge in [-0.05, 0) is 47.9 Å². The lowest BCUT2D eigenvalue weighted by Gasteiger charge is -2.22. The van der Waals surface area contributed by atoms with Crippen LogP contribution in [0, 0.1) is 0 Å². The number of ether oxygens (including phenoxy) is 4. The predicted molar refractivity (Wildman–Crippen MR) is 153 cm³/mol. The van der Waals surface area contributed by atoms with Crippen LogP contribution in [0.25, 0.3) is 0 Å². The van der Waals surface area contributed by atoms with E-state index in [1.54, 1.807) is 24.3 Å². The Kier molecular flexibility index (Phi) is 11.1. The lowest BCUT2D eigenvalue weighted by molar-refractivity contribution is -0.121. The molecule has 0 aliphatic heterocycles. The van der Waals surface area contributed by atoms with Gasteiger partial charge in [0.15, 0.2) is 23.0 Å². The summed E-state index contributed by atoms with van der Waals surface area (Å²) >= 11 is 0. The van der Waals surface area contributed by atoms with Crippen LogP contribution in [-0.2, 0) is 21.2 Å². The summed E-state index contributed by atoms with van der Waals surface area (Å²) in [4.78, 5) is 12.8. The maximum absolute atomic E-state index is 13.6. The Labute approximate surface area is 234 Å². The maximum atomic E-state index is 13.6. The highest BCUT2D eigenvalue weighted by atomic mass is 32.2. The first-order valence-corrected chi connectivity index (χ1v) is 13.8. The van der Waals surface area contributed by atoms with Gasteiger partial charge in [0.2, 0.25) is 10.0 Å². The second-order valence-electron chi connectivity index (χ2n) is 8.39. The number of hydrazone groups is 1. The van der Waals surface area contributed by atoms with Crippen LogP contribution in [0.2, 0.25) is 0 Å². The molecule has 0 aliphatic rings. The van der Waals surface area contributed by atoms with Crippen molar-refractivity contribution in [3.63, 3.8) is 0 Å². The zero-order valence-electron chi connectivity index (χ0n) is 22.7. The van der Waals surface area contributed by atoms with Gasteiger partial charge in [-0.1, -0.05) is 43.0 Å². The molecule has 10 nitrogen and oxygen atoms in total. The molecule has 11 heteroatoms. The molecule has 0 unspecified atom stereocenters. The van der Waals surface area contributed by atoms with E-state index in [0.29, 0.717) is 35.8 Å².